The summed E-state index contributed by atoms with van der Waals surface area (Å²) in [7, 11) is 0. The van der Waals surface area contributed by atoms with E-state index in [0.29, 0.717) is 41.4 Å². The van der Waals surface area contributed by atoms with E-state index in [1.165, 1.54) is 0 Å². The van der Waals surface area contributed by atoms with Crippen molar-refractivity contribution in [3.8, 4) is 0 Å². The summed E-state index contributed by atoms with van der Waals surface area (Å²) in [6, 6.07) is 14.9. The van der Waals surface area contributed by atoms with Crippen LogP contribution in [0.1, 0.15) is 17.8 Å². The van der Waals surface area contributed by atoms with Crippen LogP contribution in [0.15, 0.2) is 53.3 Å². The molecule has 0 fully saturated rings. The zero-order valence-corrected chi connectivity index (χ0v) is 14.9. The lowest BCUT2D eigenvalue weighted by atomic mass is 10.2. The highest BCUT2D eigenvalue weighted by molar-refractivity contribution is 6.31. The fraction of sp³-hybridized carbons (Fsp3) is 0.211. The maximum atomic E-state index is 12.3. The van der Waals surface area contributed by atoms with E-state index >= 15 is 0 Å². The number of halogens is 1. The predicted octanol–water partition coefficient (Wildman–Crippen LogP) is 2.45. The molecule has 0 saturated carbocycles. The van der Waals surface area contributed by atoms with Gasteiger partial charge in [-0.25, -0.2) is 4.98 Å². The largest absolute Gasteiger partial charge is 0.370 e. The second-order valence-electron chi connectivity index (χ2n) is 6.09. The summed E-state index contributed by atoms with van der Waals surface area (Å²) in [6.45, 7) is 1.48. The van der Waals surface area contributed by atoms with E-state index < -0.39 is 0 Å². The van der Waals surface area contributed by atoms with Crippen molar-refractivity contribution in [1.29, 1.82) is 0 Å². The Morgan fingerprint density at radius 3 is 2.65 bits per heavy atom. The van der Waals surface area contributed by atoms with Crippen LogP contribution in [0.4, 0.5) is 0 Å². The summed E-state index contributed by atoms with van der Waals surface area (Å²) < 4.78 is 0. The van der Waals surface area contributed by atoms with Crippen LogP contribution in [-0.2, 0) is 17.9 Å². The van der Waals surface area contributed by atoms with Gasteiger partial charge in [-0.1, -0.05) is 41.9 Å². The normalized spacial score (nSPS) is 11.2. The predicted molar refractivity (Wildman–Crippen MR) is 102 cm³/mol. The number of rotatable bonds is 7. The first-order valence-electron chi connectivity index (χ1n) is 8.24. The number of hydrogen-bond acceptors (Lipinski definition) is 4. The van der Waals surface area contributed by atoms with Crippen LogP contribution in [0.5, 0.6) is 0 Å². The average molecular weight is 371 g/mol. The number of nitrogens with zero attached hydrogens (tertiary/aromatic N) is 2. The number of H-pyrrole nitrogens is 1. The van der Waals surface area contributed by atoms with Gasteiger partial charge in [0.1, 0.15) is 5.82 Å². The quantitative estimate of drug-likeness (QED) is 0.668. The second-order valence-corrected chi connectivity index (χ2v) is 6.52. The molecule has 0 atom stereocenters. The fourth-order valence-corrected chi connectivity index (χ4v) is 2.94. The first-order valence-corrected chi connectivity index (χ1v) is 8.62. The fourth-order valence-electron chi connectivity index (χ4n) is 2.77. The molecule has 7 heteroatoms. The maximum Gasteiger partial charge on any atom is 0.258 e. The zero-order valence-electron chi connectivity index (χ0n) is 14.1. The number of amides is 1. The molecule has 3 N–H and O–H groups in total. The number of carbonyl (C=O) groups excluding carboxylic acids is 1. The van der Waals surface area contributed by atoms with Gasteiger partial charge in [-0.3, -0.25) is 14.5 Å². The molecule has 0 unspecified atom stereocenters. The van der Waals surface area contributed by atoms with Crippen LogP contribution in [0, 0.1) is 0 Å². The molecule has 1 aromatic heterocycles. The van der Waals surface area contributed by atoms with Crippen molar-refractivity contribution in [1.82, 2.24) is 14.9 Å². The van der Waals surface area contributed by atoms with Gasteiger partial charge >= 0.3 is 0 Å². The van der Waals surface area contributed by atoms with Crippen LogP contribution in [0.2, 0.25) is 5.02 Å². The third-order valence-corrected chi connectivity index (χ3v) is 4.25. The summed E-state index contributed by atoms with van der Waals surface area (Å²) in [5, 5.41) is 1.02. The number of nitrogens with two attached hydrogens (primary N) is 1. The van der Waals surface area contributed by atoms with E-state index in [9.17, 15) is 9.59 Å². The molecule has 1 amide bonds. The van der Waals surface area contributed by atoms with Crippen LogP contribution < -0.4 is 11.3 Å². The van der Waals surface area contributed by atoms with Crippen molar-refractivity contribution in [2.45, 2.75) is 19.5 Å². The van der Waals surface area contributed by atoms with Gasteiger partial charge in [-0.15, -0.1) is 0 Å². The number of benzene rings is 2. The molecule has 0 bridgehead atoms. The Labute approximate surface area is 155 Å². The molecule has 0 radical (unpaired) electrons. The standard InChI is InChI=1S/C19H19ClN4O2/c20-14-6-7-15-16(10-14)22-18(23-19(15)26)12-24(9-8-17(21)25)11-13-4-2-1-3-5-13/h1-7,10H,8-9,11-12H2,(H2,21,25)(H,22,23,26). The van der Waals surface area contributed by atoms with E-state index in [1.54, 1.807) is 18.2 Å². The molecular weight excluding hydrogens is 352 g/mol. The van der Waals surface area contributed by atoms with Gasteiger partial charge < -0.3 is 10.7 Å². The summed E-state index contributed by atoms with van der Waals surface area (Å²) in [5.74, 6) is 0.153. The third kappa shape index (κ3) is 4.68. The lowest BCUT2D eigenvalue weighted by Crippen LogP contribution is -2.29. The van der Waals surface area contributed by atoms with Crippen LogP contribution >= 0.6 is 11.6 Å². The molecule has 6 nitrogen and oxygen atoms in total. The first-order chi connectivity index (χ1) is 12.5. The van der Waals surface area contributed by atoms with Crippen molar-refractivity contribution in [3.63, 3.8) is 0 Å². The molecule has 3 rings (SSSR count). The van der Waals surface area contributed by atoms with Crippen molar-refractivity contribution < 1.29 is 4.79 Å². The number of nitrogens with one attached hydrogen (secondary N) is 1. The highest BCUT2D eigenvalue weighted by atomic mass is 35.5. The summed E-state index contributed by atoms with van der Waals surface area (Å²) in [4.78, 5) is 32.8. The lowest BCUT2D eigenvalue weighted by molar-refractivity contribution is -0.118. The van der Waals surface area contributed by atoms with Crippen molar-refractivity contribution >= 4 is 28.4 Å². The topological polar surface area (TPSA) is 92.1 Å². The van der Waals surface area contributed by atoms with Gasteiger partial charge in [0.05, 0.1) is 17.4 Å². The molecule has 2 aromatic carbocycles. The Morgan fingerprint density at radius 1 is 1.15 bits per heavy atom. The molecule has 3 aromatic rings. The summed E-state index contributed by atoms with van der Waals surface area (Å²) in [6.07, 6.45) is 0.233. The average Bonchev–Trinajstić information content (AvgIpc) is 2.60. The van der Waals surface area contributed by atoms with Crippen LogP contribution in [0.3, 0.4) is 0 Å². The van der Waals surface area contributed by atoms with Crippen molar-refractivity contribution in [2.75, 3.05) is 6.54 Å². The zero-order chi connectivity index (χ0) is 18.5. The highest BCUT2D eigenvalue weighted by Gasteiger charge is 2.12. The van der Waals surface area contributed by atoms with Crippen molar-refractivity contribution in [2.24, 2.45) is 5.73 Å². The molecule has 0 aliphatic carbocycles. The highest BCUT2D eigenvalue weighted by Crippen LogP contribution is 2.15. The molecule has 0 saturated heterocycles. The minimum Gasteiger partial charge on any atom is -0.370 e. The monoisotopic (exact) mass is 370 g/mol. The summed E-state index contributed by atoms with van der Waals surface area (Å²) >= 11 is 6.01. The van der Waals surface area contributed by atoms with Gasteiger partial charge in [0.2, 0.25) is 5.91 Å². The number of aromatic nitrogens is 2. The van der Waals surface area contributed by atoms with E-state index in [4.69, 9.17) is 17.3 Å². The molecule has 134 valence electrons. The molecule has 1 heterocycles. The smallest absolute Gasteiger partial charge is 0.258 e. The Bertz CT molecular complexity index is 972. The molecule has 0 aliphatic heterocycles. The van der Waals surface area contributed by atoms with Gasteiger partial charge in [0.15, 0.2) is 0 Å². The van der Waals surface area contributed by atoms with Gasteiger partial charge in [-0.2, -0.15) is 0 Å². The number of fused-ring (bicyclic) bond motifs is 1. The number of primary amides is 1. The van der Waals surface area contributed by atoms with Gasteiger partial charge in [0, 0.05) is 24.5 Å². The van der Waals surface area contributed by atoms with Crippen LogP contribution in [-0.4, -0.2) is 27.3 Å². The van der Waals surface area contributed by atoms with E-state index in [2.05, 4.69) is 9.97 Å². The molecule has 26 heavy (non-hydrogen) atoms. The van der Waals surface area contributed by atoms with Crippen molar-refractivity contribution in [3.05, 3.63) is 75.3 Å². The van der Waals surface area contributed by atoms with E-state index in [1.807, 2.05) is 35.2 Å². The number of aromatic amines is 1. The van der Waals surface area contributed by atoms with Gasteiger partial charge in [0.25, 0.3) is 5.56 Å². The van der Waals surface area contributed by atoms with Gasteiger partial charge in [-0.05, 0) is 23.8 Å². The molecular formula is C19H19ClN4O2. The first kappa shape index (κ1) is 18.1. The molecule has 0 spiro atoms. The lowest BCUT2D eigenvalue weighted by Gasteiger charge is -2.21. The Hall–Kier alpha value is -2.70. The maximum absolute atomic E-state index is 12.3. The van der Waals surface area contributed by atoms with E-state index in [0.717, 1.165) is 5.56 Å². The summed E-state index contributed by atoms with van der Waals surface area (Å²) in [5.41, 5.74) is 6.72. The Balaban J connectivity index is 1.86. The second kappa shape index (κ2) is 8.12. The Morgan fingerprint density at radius 2 is 1.92 bits per heavy atom. The number of hydrogen-bond donors (Lipinski definition) is 2. The minimum atomic E-state index is -0.366. The molecule has 0 aliphatic rings. The SMILES string of the molecule is NC(=O)CCN(Cc1ccccc1)Cc1nc2cc(Cl)ccc2c(=O)[nH]1. The number of carbonyl (C=O) groups is 1. The third-order valence-electron chi connectivity index (χ3n) is 4.01. The van der Waals surface area contributed by atoms with E-state index in [-0.39, 0.29) is 17.9 Å². The Kier molecular flexibility index (Phi) is 5.65. The van der Waals surface area contributed by atoms with Crippen LogP contribution in [0.25, 0.3) is 10.9 Å². The minimum absolute atomic E-state index is 0.212.